The van der Waals surface area contributed by atoms with Gasteiger partial charge in [0.15, 0.2) is 0 Å². The summed E-state index contributed by atoms with van der Waals surface area (Å²) in [5.41, 5.74) is 1.67. The monoisotopic (exact) mass is 333 g/mol. The van der Waals surface area contributed by atoms with E-state index in [1.54, 1.807) is 30.3 Å². The van der Waals surface area contributed by atoms with Crippen molar-refractivity contribution in [2.45, 2.75) is 26.2 Å². The lowest BCUT2D eigenvalue weighted by molar-refractivity contribution is 0.215. The minimum Gasteiger partial charge on any atom is -0.495 e. The van der Waals surface area contributed by atoms with E-state index in [4.69, 9.17) is 21.1 Å². The smallest absolute Gasteiger partial charge is 0.417 e. The van der Waals surface area contributed by atoms with Gasteiger partial charge in [0.05, 0.1) is 12.8 Å². The summed E-state index contributed by atoms with van der Waals surface area (Å²) in [5.74, 6) is 0.978. The summed E-state index contributed by atoms with van der Waals surface area (Å²) in [6.07, 6.45) is -0.603. The number of amides is 1. The molecule has 0 aromatic heterocycles. The molecule has 0 saturated carbocycles. The molecule has 1 N–H and O–H groups in total. The number of hydrogen-bond donors (Lipinski definition) is 1. The van der Waals surface area contributed by atoms with Crippen molar-refractivity contribution in [3.63, 3.8) is 0 Å². The van der Waals surface area contributed by atoms with Crippen molar-refractivity contribution in [3.8, 4) is 11.5 Å². The van der Waals surface area contributed by atoms with Gasteiger partial charge in [0.1, 0.15) is 11.5 Å². The highest BCUT2D eigenvalue weighted by Gasteiger charge is 2.14. The number of hydrogen-bond acceptors (Lipinski definition) is 3. The molecule has 0 spiro atoms. The number of rotatable bonds is 3. The molecule has 0 heterocycles. The summed E-state index contributed by atoms with van der Waals surface area (Å²) in [5, 5.41) is 3.12. The van der Waals surface area contributed by atoms with Crippen molar-refractivity contribution in [2.75, 3.05) is 12.4 Å². The second kappa shape index (κ2) is 6.92. The van der Waals surface area contributed by atoms with E-state index in [-0.39, 0.29) is 5.41 Å². The van der Waals surface area contributed by atoms with Gasteiger partial charge in [-0.3, -0.25) is 5.32 Å². The van der Waals surface area contributed by atoms with Crippen LogP contribution in [0.2, 0.25) is 5.02 Å². The van der Waals surface area contributed by atoms with Crippen molar-refractivity contribution < 1.29 is 14.3 Å². The predicted molar refractivity (Wildman–Crippen MR) is 92.8 cm³/mol. The maximum absolute atomic E-state index is 12.0. The third kappa shape index (κ3) is 4.63. The first-order valence-electron chi connectivity index (χ1n) is 7.22. The van der Waals surface area contributed by atoms with Crippen LogP contribution < -0.4 is 14.8 Å². The molecule has 0 saturated heterocycles. The Balaban J connectivity index is 2.07. The first-order valence-corrected chi connectivity index (χ1v) is 7.60. The fraction of sp³-hybridized carbons (Fsp3) is 0.278. The molecule has 0 aliphatic carbocycles. The van der Waals surface area contributed by atoms with Crippen molar-refractivity contribution >= 4 is 23.4 Å². The van der Waals surface area contributed by atoms with Gasteiger partial charge < -0.3 is 9.47 Å². The van der Waals surface area contributed by atoms with E-state index in [0.29, 0.717) is 22.2 Å². The van der Waals surface area contributed by atoms with Gasteiger partial charge in [-0.25, -0.2) is 4.79 Å². The van der Waals surface area contributed by atoms with Crippen molar-refractivity contribution in [1.82, 2.24) is 0 Å². The van der Waals surface area contributed by atoms with Crippen LogP contribution in [0.3, 0.4) is 0 Å². The van der Waals surface area contributed by atoms with E-state index in [1.165, 1.54) is 12.7 Å². The number of anilines is 1. The Kier molecular flexibility index (Phi) is 5.16. The maximum atomic E-state index is 12.0. The molecule has 0 radical (unpaired) electrons. The normalized spacial score (nSPS) is 11.0. The number of halogens is 1. The van der Waals surface area contributed by atoms with Crippen LogP contribution in [-0.2, 0) is 5.41 Å². The minimum absolute atomic E-state index is 0.0505. The number of methoxy groups -OCH3 is 1. The lowest BCUT2D eigenvalue weighted by atomic mass is 9.87. The van der Waals surface area contributed by atoms with Crippen LogP contribution in [-0.4, -0.2) is 13.2 Å². The highest BCUT2D eigenvalue weighted by molar-refractivity contribution is 6.31. The Labute approximate surface area is 141 Å². The molecule has 2 aromatic rings. The maximum Gasteiger partial charge on any atom is 0.417 e. The molecule has 0 aliphatic heterocycles. The largest absolute Gasteiger partial charge is 0.495 e. The Morgan fingerprint density at radius 2 is 1.74 bits per heavy atom. The molecule has 122 valence electrons. The molecule has 0 aliphatic rings. The molecular formula is C18H20ClNO3. The van der Waals surface area contributed by atoms with Gasteiger partial charge in [0, 0.05) is 5.02 Å². The van der Waals surface area contributed by atoms with E-state index in [9.17, 15) is 4.79 Å². The Morgan fingerprint density at radius 1 is 1.09 bits per heavy atom. The quantitative estimate of drug-likeness (QED) is 0.833. The zero-order chi connectivity index (χ0) is 17.0. The molecule has 4 nitrogen and oxygen atoms in total. The molecule has 1 amide bonds. The zero-order valence-electron chi connectivity index (χ0n) is 13.6. The summed E-state index contributed by atoms with van der Waals surface area (Å²) in [6.45, 7) is 6.38. The molecule has 0 atom stereocenters. The van der Waals surface area contributed by atoms with E-state index < -0.39 is 6.09 Å². The molecule has 2 rings (SSSR count). The van der Waals surface area contributed by atoms with Crippen LogP contribution in [0, 0.1) is 0 Å². The number of ether oxygens (including phenoxy) is 2. The Morgan fingerprint density at radius 3 is 2.30 bits per heavy atom. The van der Waals surface area contributed by atoms with Crippen LogP contribution in [0.1, 0.15) is 26.3 Å². The van der Waals surface area contributed by atoms with Gasteiger partial charge in [-0.15, -0.1) is 0 Å². The third-order valence-corrected chi connectivity index (χ3v) is 3.56. The number of carbonyl (C=O) groups excluding carboxylic acids is 1. The molecule has 23 heavy (non-hydrogen) atoms. The zero-order valence-corrected chi connectivity index (χ0v) is 14.4. The van der Waals surface area contributed by atoms with Gasteiger partial charge in [0.25, 0.3) is 0 Å². The van der Waals surface area contributed by atoms with Gasteiger partial charge in [-0.1, -0.05) is 44.5 Å². The number of benzene rings is 2. The summed E-state index contributed by atoms with van der Waals surface area (Å²) >= 11 is 5.93. The minimum atomic E-state index is -0.603. The Hall–Kier alpha value is -2.20. The summed E-state index contributed by atoms with van der Waals surface area (Å²) in [7, 11) is 1.52. The number of carbonyl (C=O) groups is 1. The molecule has 0 fully saturated rings. The molecule has 0 bridgehead atoms. The van der Waals surface area contributed by atoms with Crippen molar-refractivity contribution in [1.29, 1.82) is 0 Å². The fourth-order valence-corrected chi connectivity index (χ4v) is 2.22. The second-order valence-corrected chi connectivity index (χ2v) is 6.57. The van der Waals surface area contributed by atoms with Gasteiger partial charge >= 0.3 is 6.09 Å². The van der Waals surface area contributed by atoms with Crippen LogP contribution >= 0.6 is 11.6 Å². The second-order valence-electron chi connectivity index (χ2n) is 6.13. The van der Waals surface area contributed by atoms with E-state index in [1.807, 2.05) is 12.1 Å². The van der Waals surface area contributed by atoms with E-state index >= 15 is 0 Å². The molecule has 0 unspecified atom stereocenters. The van der Waals surface area contributed by atoms with Gasteiger partial charge in [-0.2, -0.15) is 0 Å². The van der Waals surface area contributed by atoms with Gasteiger partial charge in [-0.05, 0) is 41.3 Å². The molecule has 5 heteroatoms. The SMILES string of the molecule is COc1ccc(Cl)cc1NC(=O)Oc1ccc(C(C)(C)C)cc1. The highest BCUT2D eigenvalue weighted by Crippen LogP contribution is 2.28. The lowest BCUT2D eigenvalue weighted by Gasteiger charge is -2.19. The standard InChI is InChI=1S/C18H20ClNO3/c1-18(2,3)12-5-8-14(9-6-12)23-17(21)20-15-11-13(19)7-10-16(15)22-4/h5-11H,1-4H3,(H,20,21). The van der Waals surface area contributed by atoms with Crippen LogP contribution in [0.15, 0.2) is 42.5 Å². The van der Waals surface area contributed by atoms with Gasteiger partial charge in [0.2, 0.25) is 0 Å². The highest BCUT2D eigenvalue weighted by atomic mass is 35.5. The van der Waals surface area contributed by atoms with Crippen LogP contribution in [0.25, 0.3) is 0 Å². The molecular weight excluding hydrogens is 314 g/mol. The molecule has 2 aromatic carbocycles. The first-order chi connectivity index (χ1) is 10.8. The average Bonchev–Trinajstić information content (AvgIpc) is 2.47. The number of nitrogens with one attached hydrogen (secondary N) is 1. The van der Waals surface area contributed by atoms with E-state index in [2.05, 4.69) is 26.1 Å². The fourth-order valence-electron chi connectivity index (χ4n) is 2.04. The van der Waals surface area contributed by atoms with E-state index in [0.717, 1.165) is 0 Å². The predicted octanol–water partition coefficient (Wildman–Crippen LogP) is 5.26. The van der Waals surface area contributed by atoms with Crippen molar-refractivity contribution in [2.24, 2.45) is 0 Å². The average molecular weight is 334 g/mol. The van der Waals surface area contributed by atoms with Crippen molar-refractivity contribution in [3.05, 3.63) is 53.1 Å². The Bertz CT molecular complexity index is 690. The topological polar surface area (TPSA) is 47.6 Å². The van der Waals surface area contributed by atoms with Crippen LogP contribution in [0.4, 0.5) is 10.5 Å². The lowest BCUT2D eigenvalue weighted by Crippen LogP contribution is -2.17. The third-order valence-electron chi connectivity index (χ3n) is 3.33. The summed E-state index contributed by atoms with van der Waals surface area (Å²) in [6, 6.07) is 12.4. The summed E-state index contributed by atoms with van der Waals surface area (Å²) < 4.78 is 10.5. The van der Waals surface area contributed by atoms with Crippen LogP contribution in [0.5, 0.6) is 11.5 Å². The summed E-state index contributed by atoms with van der Waals surface area (Å²) in [4.78, 5) is 12.0. The first kappa shape index (κ1) is 17.2.